The largest absolute Gasteiger partial charge is 0.496 e. The second kappa shape index (κ2) is 9.30. The van der Waals surface area contributed by atoms with Crippen molar-refractivity contribution in [1.82, 2.24) is 4.31 Å². The molecule has 2 aromatic rings. The number of benzene rings is 2. The average molecular weight is 452 g/mol. The fraction of sp³-hybridized carbons (Fsp3) is 0.250. The summed E-state index contributed by atoms with van der Waals surface area (Å²) in [6.07, 6.45) is 3.16. The third-order valence-electron chi connectivity index (χ3n) is 4.09. The summed E-state index contributed by atoms with van der Waals surface area (Å²) in [6.45, 7) is 4.39. The number of halogens is 1. The van der Waals surface area contributed by atoms with Crippen molar-refractivity contribution in [3.05, 3.63) is 64.1 Å². The van der Waals surface area contributed by atoms with Crippen LogP contribution < -0.4 is 4.74 Å². The average Bonchev–Trinajstić information content (AvgIpc) is 2.67. The van der Waals surface area contributed by atoms with Crippen molar-refractivity contribution >= 4 is 37.8 Å². The minimum atomic E-state index is -3.52. The topological polar surface area (TPSA) is 63.7 Å². The number of ketones is 1. The number of hydrogen-bond donors (Lipinski definition) is 0. The van der Waals surface area contributed by atoms with Crippen LogP contribution in [0.5, 0.6) is 5.75 Å². The second-order valence-electron chi connectivity index (χ2n) is 5.71. The molecule has 0 fully saturated rings. The molecule has 0 aromatic heterocycles. The van der Waals surface area contributed by atoms with Gasteiger partial charge in [0.25, 0.3) is 0 Å². The van der Waals surface area contributed by atoms with E-state index in [0.717, 1.165) is 10.0 Å². The predicted octanol–water partition coefficient (Wildman–Crippen LogP) is 4.38. The molecule has 0 aliphatic rings. The van der Waals surface area contributed by atoms with E-state index in [1.54, 1.807) is 33.1 Å². The van der Waals surface area contributed by atoms with E-state index in [1.807, 2.05) is 12.1 Å². The van der Waals surface area contributed by atoms with Gasteiger partial charge in [-0.1, -0.05) is 26.0 Å². The molecular formula is C20H22BrNO4S. The zero-order valence-corrected chi connectivity index (χ0v) is 17.9. The first kappa shape index (κ1) is 21.3. The quantitative estimate of drug-likeness (QED) is 0.441. The van der Waals surface area contributed by atoms with E-state index in [9.17, 15) is 13.2 Å². The third-order valence-corrected chi connectivity index (χ3v) is 6.77. The van der Waals surface area contributed by atoms with Crippen molar-refractivity contribution in [2.45, 2.75) is 18.7 Å². The zero-order chi connectivity index (χ0) is 20.0. The zero-order valence-electron chi connectivity index (χ0n) is 15.5. The van der Waals surface area contributed by atoms with Gasteiger partial charge in [-0.15, -0.1) is 0 Å². The Labute approximate surface area is 168 Å². The van der Waals surface area contributed by atoms with Gasteiger partial charge in [0, 0.05) is 18.7 Å². The second-order valence-corrected chi connectivity index (χ2v) is 8.50. The highest BCUT2D eigenvalue weighted by atomic mass is 79.9. The molecular weight excluding hydrogens is 430 g/mol. The fourth-order valence-corrected chi connectivity index (χ4v) is 4.57. The number of sulfonamides is 1. The fourth-order valence-electron chi connectivity index (χ4n) is 2.56. The highest BCUT2D eigenvalue weighted by molar-refractivity contribution is 9.10. The van der Waals surface area contributed by atoms with Crippen molar-refractivity contribution < 1.29 is 17.9 Å². The Morgan fingerprint density at radius 2 is 1.74 bits per heavy atom. The number of rotatable bonds is 8. The van der Waals surface area contributed by atoms with Gasteiger partial charge in [-0.05, 0) is 64.0 Å². The van der Waals surface area contributed by atoms with Crippen LogP contribution in [-0.2, 0) is 10.0 Å². The van der Waals surface area contributed by atoms with Crippen LogP contribution in [0, 0.1) is 0 Å². The summed E-state index contributed by atoms with van der Waals surface area (Å²) >= 11 is 3.40. The number of allylic oxidation sites excluding steroid dienone is 1. The molecule has 0 N–H and O–H groups in total. The van der Waals surface area contributed by atoms with Crippen molar-refractivity contribution in [2.75, 3.05) is 20.2 Å². The molecule has 2 aromatic carbocycles. The molecule has 0 atom stereocenters. The lowest BCUT2D eigenvalue weighted by molar-refractivity contribution is 0.104. The van der Waals surface area contributed by atoms with Crippen LogP contribution in [0.3, 0.4) is 0 Å². The maximum atomic E-state index is 12.5. The summed E-state index contributed by atoms with van der Waals surface area (Å²) in [7, 11) is -1.94. The summed E-state index contributed by atoms with van der Waals surface area (Å²) in [5.74, 6) is 0.511. The van der Waals surface area contributed by atoms with Gasteiger partial charge in [-0.25, -0.2) is 8.42 Å². The summed E-state index contributed by atoms with van der Waals surface area (Å²) in [6, 6.07) is 11.5. The minimum absolute atomic E-state index is 0.186. The first-order chi connectivity index (χ1) is 12.8. The predicted molar refractivity (Wildman–Crippen MR) is 111 cm³/mol. The van der Waals surface area contributed by atoms with E-state index in [1.165, 1.54) is 34.6 Å². The van der Waals surface area contributed by atoms with Gasteiger partial charge in [0.1, 0.15) is 5.75 Å². The highest BCUT2D eigenvalue weighted by Crippen LogP contribution is 2.26. The van der Waals surface area contributed by atoms with Crippen LogP contribution in [-0.4, -0.2) is 38.7 Å². The lowest BCUT2D eigenvalue weighted by atomic mass is 10.1. The molecule has 0 radical (unpaired) electrons. The number of nitrogens with zero attached hydrogens (tertiary/aromatic N) is 1. The third kappa shape index (κ3) is 5.06. The molecule has 0 bridgehead atoms. The van der Waals surface area contributed by atoms with E-state index < -0.39 is 10.0 Å². The van der Waals surface area contributed by atoms with Crippen LogP contribution in [0.4, 0.5) is 0 Å². The van der Waals surface area contributed by atoms with E-state index in [2.05, 4.69) is 15.9 Å². The van der Waals surface area contributed by atoms with Crippen molar-refractivity contribution in [2.24, 2.45) is 0 Å². The molecule has 0 spiro atoms. The van der Waals surface area contributed by atoms with Gasteiger partial charge in [0.05, 0.1) is 16.5 Å². The normalized spacial score (nSPS) is 11.9. The number of ether oxygens (including phenoxy) is 1. The van der Waals surface area contributed by atoms with Crippen molar-refractivity contribution in [3.63, 3.8) is 0 Å². The molecule has 27 heavy (non-hydrogen) atoms. The summed E-state index contributed by atoms with van der Waals surface area (Å²) in [4.78, 5) is 12.5. The van der Waals surface area contributed by atoms with Crippen LogP contribution in [0.25, 0.3) is 6.08 Å². The Hall–Kier alpha value is -1.96. The maximum Gasteiger partial charge on any atom is 0.243 e. The first-order valence-corrected chi connectivity index (χ1v) is 10.7. The number of carbonyl (C=O) groups excluding carboxylic acids is 1. The molecule has 0 heterocycles. The van der Waals surface area contributed by atoms with E-state index in [0.29, 0.717) is 24.4 Å². The van der Waals surface area contributed by atoms with Crippen LogP contribution in [0.1, 0.15) is 29.8 Å². The minimum Gasteiger partial charge on any atom is -0.496 e. The van der Waals surface area contributed by atoms with Gasteiger partial charge in [-0.2, -0.15) is 4.31 Å². The smallest absolute Gasteiger partial charge is 0.243 e. The Morgan fingerprint density at radius 1 is 1.11 bits per heavy atom. The standard InChI is InChI=1S/C20H22BrNO4S/c1-4-22(5-2)27(24,25)17-10-8-16(9-11-17)19(23)12-6-15-7-13-20(26-3)18(21)14-15/h6-14H,4-5H2,1-3H3/b12-6+. The summed E-state index contributed by atoms with van der Waals surface area (Å²) < 4.78 is 32.3. The Bertz CT molecular complexity index is 933. The SMILES string of the molecule is CCN(CC)S(=O)(=O)c1ccc(C(=O)/C=C/c2ccc(OC)c(Br)c2)cc1. The van der Waals surface area contributed by atoms with Crippen molar-refractivity contribution in [1.29, 1.82) is 0 Å². The number of carbonyl (C=O) groups is 1. The molecule has 5 nitrogen and oxygen atoms in total. The first-order valence-electron chi connectivity index (χ1n) is 8.49. The molecule has 0 saturated carbocycles. The Kier molecular flexibility index (Phi) is 7.35. The summed E-state index contributed by atoms with van der Waals surface area (Å²) in [5.41, 5.74) is 1.27. The number of methoxy groups -OCH3 is 1. The van der Waals surface area contributed by atoms with Crippen LogP contribution in [0.2, 0.25) is 0 Å². The summed E-state index contributed by atoms with van der Waals surface area (Å²) in [5, 5.41) is 0. The van der Waals surface area contributed by atoms with E-state index in [4.69, 9.17) is 4.74 Å². The molecule has 0 aliphatic carbocycles. The van der Waals surface area contributed by atoms with E-state index >= 15 is 0 Å². The Balaban J connectivity index is 2.17. The van der Waals surface area contributed by atoms with Gasteiger partial charge >= 0.3 is 0 Å². The molecule has 0 amide bonds. The highest BCUT2D eigenvalue weighted by Gasteiger charge is 2.21. The van der Waals surface area contributed by atoms with Crippen molar-refractivity contribution in [3.8, 4) is 5.75 Å². The molecule has 0 saturated heterocycles. The lowest BCUT2D eigenvalue weighted by Crippen LogP contribution is -2.30. The van der Waals surface area contributed by atoms with Gasteiger partial charge in [-0.3, -0.25) is 4.79 Å². The molecule has 0 aliphatic heterocycles. The molecule has 7 heteroatoms. The monoisotopic (exact) mass is 451 g/mol. The molecule has 144 valence electrons. The van der Waals surface area contributed by atoms with Gasteiger partial charge in [0.2, 0.25) is 10.0 Å². The van der Waals surface area contributed by atoms with Crippen LogP contribution in [0.15, 0.2) is 57.9 Å². The number of hydrogen-bond acceptors (Lipinski definition) is 4. The maximum absolute atomic E-state index is 12.5. The Morgan fingerprint density at radius 3 is 2.26 bits per heavy atom. The van der Waals surface area contributed by atoms with Gasteiger partial charge < -0.3 is 4.74 Å². The van der Waals surface area contributed by atoms with Crippen LogP contribution >= 0.6 is 15.9 Å². The van der Waals surface area contributed by atoms with Gasteiger partial charge in [0.15, 0.2) is 5.78 Å². The molecule has 2 rings (SSSR count). The molecule has 0 unspecified atom stereocenters. The lowest BCUT2D eigenvalue weighted by Gasteiger charge is -2.18. The van der Waals surface area contributed by atoms with E-state index in [-0.39, 0.29) is 10.7 Å².